The number of aliphatic imine (C=N–C) groups is 1. The zero-order valence-electron chi connectivity index (χ0n) is 21.6. The molecule has 1 aliphatic rings. The van der Waals surface area contributed by atoms with Crippen LogP contribution in [-0.4, -0.2) is 35.7 Å². The molecule has 0 unspecified atom stereocenters. The van der Waals surface area contributed by atoms with Crippen LogP contribution in [0.1, 0.15) is 34.0 Å². The topological polar surface area (TPSA) is 94.4 Å². The highest BCUT2D eigenvalue weighted by Crippen LogP contribution is 2.40. The van der Waals surface area contributed by atoms with Crippen LogP contribution in [0.15, 0.2) is 88.0 Å². The summed E-state index contributed by atoms with van der Waals surface area (Å²) in [5.74, 6) is -1.06. The minimum atomic E-state index is -0.775. The van der Waals surface area contributed by atoms with Crippen LogP contribution in [0.3, 0.4) is 0 Å². The Morgan fingerprint density at radius 3 is 2.41 bits per heavy atom. The maximum atomic E-state index is 13.2. The summed E-state index contributed by atoms with van der Waals surface area (Å²) in [5.41, 5.74) is 2.62. The minimum Gasteiger partial charge on any atom is -0.506 e. The molecule has 1 aliphatic heterocycles. The predicted octanol–water partition coefficient (Wildman–Crippen LogP) is 6.42. The van der Waals surface area contributed by atoms with Crippen molar-refractivity contribution in [1.29, 1.82) is 0 Å². The lowest BCUT2D eigenvalue weighted by Gasteiger charge is -2.12. The minimum absolute atomic E-state index is 0.0500. The third-order valence-corrected chi connectivity index (χ3v) is 6.68. The van der Waals surface area contributed by atoms with Crippen LogP contribution < -0.4 is 9.47 Å². The predicted molar refractivity (Wildman–Crippen MR) is 149 cm³/mol. The molecule has 0 atom stereocenters. The number of esters is 1. The molecule has 0 aromatic heterocycles. The lowest BCUT2D eigenvalue weighted by atomic mass is 10.1. The van der Waals surface area contributed by atoms with Gasteiger partial charge in [-0.1, -0.05) is 47.7 Å². The Morgan fingerprint density at radius 2 is 1.74 bits per heavy atom. The molecule has 1 heterocycles. The van der Waals surface area contributed by atoms with Crippen LogP contribution in [-0.2, 0) is 16.1 Å². The molecule has 0 fully saturated rings. The number of thioether (sulfide) groups is 1. The summed E-state index contributed by atoms with van der Waals surface area (Å²) in [7, 11) is 1.50. The number of benzene rings is 3. The van der Waals surface area contributed by atoms with Crippen LogP contribution >= 0.6 is 11.8 Å². The number of hydrogen-bond acceptors (Lipinski definition) is 7. The second-order valence-corrected chi connectivity index (χ2v) is 9.50. The summed E-state index contributed by atoms with van der Waals surface area (Å²) in [5, 5.41) is 11.0. The van der Waals surface area contributed by atoms with Gasteiger partial charge in [0, 0.05) is 5.56 Å². The number of ether oxygens (including phenoxy) is 3. The number of amides is 1. The Bertz CT molecular complexity index is 1480. The van der Waals surface area contributed by atoms with Gasteiger partial charge in [0.15, 0.2) is 11.5 Å². The zero-order valence-corrected chi connectivity index (χ0v) is 22.4. The fraction of sp³-hybridized carbons (Fsp3) is 0.167. The van der Waals surface area contributed by atoms with Crippen LogP contribution in [0.4, 0.5) is 4.39 Å². The molecule has 9 heteroatoms. The van der Waals surface area contributed by atoms with E-state index in [2.05, 4.69) is 4.99 Å². The number of carbonyl (C=O) groups is 2. The van der Waals surface area contributed by atoms with Crippen molar-refractivity contribution in [1.82, 2.24) is 0 Å². The third kappa shape index (κ3) is 6.74. The van der Waals surface area contributed by atoms with Crippen LogP contribution in [0.2, 0.25) is 0 Å². The summed E-state index contributed by atoms with van der Waals surface area (Å²) in [6, 6.07) is 18.0. The second-order valence-electron chi connectivity index (χ2n) is 8.47. The fourth-order valence-corrected chi connectivity index (χ4v) is 4.64. The number of halogens is 1. The van der Waals surface area contributed by atoms with Gasteiger partial charge in [0.2, 0.25) is 0 Å². The first-order valence-electron chi connectivity index (χ1n) is 12.0. The van der Waals surface area contributed by atoms with Gasteiger partial charge in [-0.3, -0.25) is 4.79 Å². The van der Waals surface area contributed by atoms with Gasteiger partial charge in [-0.2, -0.15) is 0 Å². The number of hydrogen-bond donors (Lipinski definition) is 1. The third-order valence-electron chi connectivity index (χ3n) is 5.66. The molecule has 7 nitrogen and oxygen atoms in total. The Labute approximate surface area is 229 Å². The average molecular weight is 548 g/mol. The smallest absolute Gasteiger partial charge is 0.344 e. The van der Waals surface area contributed by atoms with Gasteiger partial charge in [0.05, 0.1) is 18.6 Å². The molecular weight excluding hydrogens is 521 g/mol. The SMILES string of the molecule is CCOC(=O)C1=C(O)/C(=C/c2ccc(OCc3ccc(F)cc3)c(OC)c2)SC1=NC(=O)c1ccc(C)cc1. The summed E-state index contributed by atoms with van der Waals surface area (Å²) >= 11 is 0.991. The normalized spacial score (nSPS) is 15.1. The molecule has 0 saturated heterocycles. The van der Waals surface area contributed by atoms with E-state index in [9.17, 15) is 19.1 Å². The van der Waals surface area contributed by atoms with Gasteiger partial charge in [0.25, 0.3) is 5.91 Å². The van der Waals surface area contributed by atoms with Crippen molar-refractivity contribution in [2.45, 2.75) is 20.5 Å². The van der Waals surface area contributed by atoms with Crippen LogP contribution in [0.5, 0.6) is 11.5 Å². The Hall–Kier alpha value is -4.37. The van der Waals surface area contributed by atoms with E-state index in [1.54, 1.807) is 67.6 Å². The van der Waals surface area contributed by atoms with Crippen molar-refractivity contribution >= 4 is 34.8 Å². The summed E-state index contributed by atoms with van der Waals surface area (Å²) in [4.78, 5) is 29.9. The van der Waals surface area contributed by atoms with E-state index in [0.717, 1.165) is 22.9 Å². The first kappa shape index (κ1) is 27.7. The number of nitrogens with zero attached hydrogens (tertiary/aromatic N) is 1. The molecule has 39 heavy (non-hydrogen) atoms. The number of methoxy groups -OCH3 is 1. The number of rotatable bonds is 8. The van der Waals surface area contributed by atoms with Gasteiger partial charge in [-0.05, 0) is 67.4 Å². The van der Waals surface area contributed by atoms with Gasteiger partial charge in [-0.25, -0.2) is 14.2 Å². The Morgan fingerprint density at radius 1 is 1.03 bits per heavy atom. The maximum Gasteiger partial charge on any atom is 0.344 e. The molecule has 4 rings (SSSR count). The maximum absolute atomic E-state index is 13.2. The molecule has 0 aliphatic carbocycles. The van der Waals surface area contributed by atoms with Gasteiger partial charge >= 0.3 is 5.97 Å². The highest BCUT2D eigenvalue weighted by molar-refractivity contribution is 8.18. The van der Waals surface area contributed by atoms with E-state index in [4.69, 9.17) is 14.2 Å². The number of carbonyl (C=O) groups excluding carboxylic acids is 2. The Balaban J connectivity index is 1.61. The highest BCUT2D eigenvalue weighted by Gasteiger charge is 2.34. The standard InChI is InChI=1S/C30H26FNO6S/c1-4-37-30(35)26-27(33)25(39-29(26)32-28(34)21-10-5-18(2)6-11-21)16-20-9-14-23(24(15-20)36-3)38-17-19-7-12-22(31)13-8-19/h5-16,33H,4,17H2,1-3H3/b25-16-,32-29?. The van der Waals surface area contributed by atoms with Crippen LogP contribution in [0.25, 0.3) is 6.08 Å². The van der Waals surface area contributed by atoms with Crippen molar-refractivity contribution in [3.8, 4) is 11.5 Å². The summed E-state index contributed by atoms with van der Waals surface area (Å²) in [6.45, 7) is 3.86. The monoisotopic (exact) mass is 547 g/mol. The number of aliphatic hydroxyl groups excluding tert-OH is 1. The Kier molecular flexibility index (Phi) is 8.83. The lowest BCUT2D eigenvalue weighted by molar-refractivity contribution is -0.138. The molecule has 0 radical (unpaired) electrons. The largest absolute Gasteiger partial charge is 0.506 e. The van der Waals surface area contributed by atoms with E-state index < -0.39 is 11.9 Å². The first-order valence-corrected chi connectivity index (χ1v) is 12.9. The van der Waals surface area contributed by atoms with Crippen molar-refractivity contribution in [2.24, 2.45) is 4.99 Å². The summed E-state index contributed by atoms with van der Waals surface area (Å²) < 4.78 is 29.6. The van der Waals surface area contributed by atoms with E-state index in [1.165, 1.54) is 19.2 Å². The molecule has 0 spiro atoms. The molecular formula is C30H26FNO6S. The zero-order chi connectivity index (χ0) is 27.9. The van der Waals surface area contributed by atoms with Crippen molar-refractivity contribution < 1.29 is 33.3 Å². The average Bonchev–Trinajstić information content (AvgIpc) is 3.23. The van der Waals surface area contributed by atoms with E-state index in [1.807, 2.05) is 6.92 Å². The molecule has 3 aromatic rings. The first-order chi connectivity index (χ1) is 18.8. The number of aryl methyl sites for hydroxylation is 1. The van der Waals surface area contributed by atoms with Gasteiger partial charge < -0.3 is 19.3 Å². The quantitative estimate of drug-likeness (QED) is 0.325. The van der Waals surface area contributed by atoms with Crippen molar-refractivity contribution in [3.05, 3.63) is 111 Å². The molecule has 0 saturated carbocycles. The lowest BCUT2D eigenvalue weighted by Crippen LogP contribution is -2.14. The van der Waals surface area contributed by atoms with Crippen molar-refractivity contribution in [3.63, 3.8) is 0 Å². The van der Waals surface area contributed by atoms with Gasteiger partial charge in [0.1, 0.15) is 28.8 Å². The van der Waals surface area contributed by atoms with E-state index in [0.29, 0.717) is 27.5 Å². The molecule has 200 valence electrons. The molecule has 1 amide bonds. The van der Waals surface area contributed by atoms with E-state index >= 15 is 0 Å². The van der Waals surface area contributed by atoms with Crippen molar-refractivity contribution in [2.75, 3.05) is 13.7 Å². The fourth-order valence-electron chi connectivity index (χ4n) is 3.63. The molecule has 0 bridgehead atoms. The molecule has 1 N–H and O–H groups in total. The number of aliphatic hydroxyl groups is 1. The highest BCUT2D eigenvalue weighted by atomic mass is 32.2. The molecule has 3 aromatic carbocycles. The summed E-state index contributed by atoms with van der Waals surface area (Å²) in [6.07, 6.45) is 1.64. The van der Waals surface area contributed by atoms with E-state index in [-0.39, 0.29) is 35.4 Å². The van der Waals surface area contributed by atoms with Gasteiger partial charge in [-0.15, -0.1) is 0 Å². The second kappa shape index (κ2) is 12.4. The van der Waals surface area contributed by atoms with Crippen LogP contribution in [0, 0.1) is 12.7 Å².